The van der Waals surface area contributed by atoms with Crippen molar-refractivity contribution >= 4 is 11.2 Å². The highest BCUT2D eigenvalue weighted by Crippen LogP contribution is 2.15. The number of rotatable bonds is 5. The highest BCUT2D eigenvalue weighted by molar-refractivity contribution is 5.72. The average Bonchev–Trinajstić information content (AvgIpc) is 3.16. The van der Waals surface area contributed by atoms with Gasteiger partial charge in [0.25, 0.3) is 5.56 Å². The Labute approximate surface area is 172 Å². The number of imidazole rings is 1. The molecule has 30 heavy (non-hydrogen) atoms. The predicted molar refractivity (Wildman–Crippen MR) is 115 cm³/mol. The van der Waals surface area contributed by atoms with Gasteiger partial charge >= 0.3 is 5.69 Å². The predicted octanol–water partition coefficient (Wildman–Crippen LogP) is 2.76. The molecule has 0 bridgehead atoms. The summed E-state index contributed by atoms with van der Waals surface area (Å²) in [5.74, 6) is 0. The maximum absolute atomic E-state index is 13.1. The fourth-order valence-corrected chi connectivity index (χ4v) is 3.40. The van der Waals surface area contributed by atoms with E-state index in [1.165, 1.54) is 10.6 Å². The lowest BCUT2D eigenvalue weighted by molar-refractivity contribution is 0.690. The number of benzene rings is 2. The molecule has 7 heteroatoms. The highest BCUT2D eigenvalue weighted by atomic mass is 16.2. The van der Waals surface area contributed by atoms with E-state index in [0.29, 0.717) is 29.0 Å². The summed E-state index contributed by atoms with van der Waals surface area (Å²) in [5, 5.41) is 8.98. The third kappa shape index (κ3) is 3.25. The summed E-state index contributed by atoms with van der Waals surface area (Å²) >= 11 is 0. The van der Waals surface area contributed by atoms with Crippen LogP contribution in [0.2, 0.25) is 0 Å². The maximum Gasteiger partial charge on any atom is 0.337 e. The summed E-state index contributed by atoms with van der Waals surface area (Å²) in [7, 11) is 0. The zero-order chi connectivity index (χ0) is 21.3. The minimum absolute atomic E-state index is 0.0987. The van der Waals surface area contributed by atoms with Gasteiger partial charge in [0.1, 0.15) is 0 Å². The molecule has 0 aliphatic carbocycles. The first-order valence-electron chi connectivity index (χ1n) is 9.41. The molecule has 0 N–H and O–H groups in total. The van der Waals surface area contributed by atoms with E-state index < -0.39 is 11.2 Å². The van der Waals surface area contributed by atoms with E-state index in [1.807, 2.05) is 43.3 Å². The van der Waals surface area contributed by atoms with E-state index in [1.54, 1.807) is 23.0 Å². The van der Waals surface area contributed by atoms with Gasteiger partial charge in [0.2, 0.25) is 0 Å². The second kappa shape index (κ2) is 7.68. The summed E-state index contributed by atoms with van der Waals surface area (Å²) in [6, 6.07) is 16.7. The molecular formula is C23H19N5O2. The molecule has 0 amide bonds. The van der Waals surface area contributed by atoms with Crippen molar-refractivity contribution < 1.29 is 0 Å². The van der Waals surface area contributed by atoms with Gasteiger partial charge in [-0.3, -0.25) is 9.36 Å². The van der Waals surface area contributed by atoms with Crippen molar-refractivity contribution in [3.8, 4) is 11.8 Å². The van der Waals surface area contributed by atoms with Crippen molar-refractivity contribution in [1.29, 1.82) is 5.26 Å². The first-order chi connectivity index (χ1) is 14.5. The van der Waals surface area contributed by atoms with E-state index in [-0.39, 0.29) is 6.54 Å². The molecule has 0 atom stereocenters. The average molecular weight is 397 g/mol. The van der Waals surface area contributed by atoms with Gasteiger partial charge in [-0.2, -0.15) is 5.26 Å². The molecule has 0 aliphatic heterocycles. The number of hydrogen-bond acceptors (Lipinski definition) is 4. The Hall–Kier alpha value is -4.18. The van der Waals surface area contributed by atoms with E-state index in [4.69, 9.17) is 5.26 Å². The van der Waals surface area contributed by atoms with Crippen LogP contribution in [-0.4, -0.2) is 18.7 Å². The zero-order valence-corrected chi connectivity index (χ0v) is 16.4. The molecule has 0 aliphatic rings. The van der Waals surface area contributed by atoms with Gasteiger partial charge < -0.3 is 4.57 Å². The first-order valence-corrected chi connectivity index (χ1v) is 9.41. The smallest absolute Gasteiger partial charge is 0.320 e. The molecule has 0 fully saturated rings. The van der Waals surface area contributed by atoms with Crippen molar-refractivity contribution in [3.63, 3.8) is 0 Å². The molecule has 0 unspecified atom stereocenters. The molecule has 0 radical (unpaired) electrons. The summed E-state index contributed by atoms with van der Waals surface area (Å²) in [6.45, 7) is 6.12. The maximum atomic E-state index is 13.1. The largest absolute Gasteiger partial charge is 0.337 e. The molecule has 4 rings (SSSR count). The Morgan fingerprint density at radius 2 is 1.80 bits per heavy atom. The normalized spacial score (nSPS) is 10.8. The Morgan fingerprint density at radius 1 is 1.10 bits per heavy atom. The van der Waals surface area contributed by atoms with Crippen molar-refractivity contribution in [2.45, 2.75) is 20.0 Å². The van der Waals surface area contributed by atoms with Crippen molar-refractivity contribution in [2.24, 2.45) is 0 Å². The van der Waals surface area contributed by atoms with Crippen molar-refractivity contribution in [3.05, 3.63) is 105 Å². The molecule has 4 aromatic rings. The monoisotopic (exact) mass is 397 g/mol. The second-order valence-corrected chi connectivity index (χ2v) is 7.01. The number of nitrogens with zero attached hydrogens (tertiary/aromatic N) is 5. The Kier molecular flexibility index (Phi) is 4.90. The molecule has 2 aromatic carbocycles. The van der Waals surface area contributed by atoms with Crippen molar-refractivity contribution in [1.82, 2.24) is 18.7 Å². The number of nitriles is 1. The van der Waals surface area contributed by atoms with Crippen LogP contribution >= 0.6 is 0 Å². The van der Waals surface area contributed by atoms with Gasteiger partial charge in [-0.25, -0.2) is 14.3 Å². The first kappa shape index (κ1) is 19.2. The van der Waals surface area contributed by atoms with Gasteiger partial charge in [0, 0.05) is 13.1 Å². The van der Waals surface area contributed by atoms with E-state index in [0.717, 1.165) is 15.7 Å². The van der Waals surface area contributed by atoms with E-state index in [2.05, 4.69) is 17.6 Å². The van der Waals surface area contributed by atoms with Gasteiger partial charge in [0.15, 0.2) is 11.2 Å². The number of aromatic nitrogens is 4. The lowest BCUT2D eigenvalue weighted by Gasteiger charge is -2.12. The highest BCUT2D eigenvalue weighted by Gasteiger charge is 2.18. The summed E-state index contributed by atoms with van der Waals surface area (Å²) < 4.78 is 4.34. The second-order valence-electron chi connectivity index (χ2n) is 7.01. The summed E-state index contributed by atoms with van der Waals surface area (Å²) in [6.07, 6.45) is 3.09. The zero-order valence-electron chi connectivity index (χ0n) is 16.4. The van der Waals surface area contributed by atoms with Gasteiger partial charge in [-0.15, -0.1) is 6.58 Å². The van der Waals surface area contributed by atoms with Crippen LogP contribution in [0, 0.1) is 18.3 Å². The number of fused-ring (bicyclic) bond motifs is 1. The Bertz CT molecular complexity index is 1400. The third-order valence-electron chi connectivity index (χ3n) is 4.94. The fraction of sp³-hybridized carbons (Fsp3) is 0.130. The molecular weight excluding hydrogens is 378 g/mol. The standard InChI is InChI=1S/C23H19N5O2/c1-3-12-27-22(29)20-21(28(23(27)30)19-10-4-16(2)5-11-19)25-15-26(20)14-18-8-6-17(13-24)7-9-18/h3-11,15H,1,12,14H2,2H3. The minimum Gasteiger partial charge on any atom is -0.320 e. The van der Waals surface area contributed by atoms with Gasteiger partial charge in [-0.1, -0.05) is 35.9 Å². The quantitative estimate of drug-likeness (QED) is 0.485. The van der Waals surface area contributed by atoms with Crippen LogP contribution in [0.5, 0.6) is 0 Å². The number of allylic oxidation sites excluding steroid dienone is 1. The number of aryl methyl sites for hydroxylation is 1. The fourth-order valence-electron chi connectivity index (χ4n) is 3.40. The lowest BCUT2D eigenvalue weighted by atomic mass is 10.1. The minimum atomic E-state index is -0.458. The Balaban J connectivity index is 1.95. The molecule has 2 heterocycles. The van der Waals surface area contributed by atoms with Crippen LogP contribution < -0.4 is 11.2 Å². The van der Waals surface area contributed by atoms with E-state index in [9.17, 15) is 9.59 Å². The van der Waals surface area contributed by atoms with E-state index >= 15 is 0 Å². The molecule has 0 spiro atoms. The molecule has 2 aromatic heterocycles. The third-order valence-corrected chi connectivity index (χ3v) is 4.94. The van der Waals surface area contributed by atoms with Gasteiger partial charge in [0.05, 0.1) is 23.6 Å². The van der Waals surface area contributed by atoms with Crippen LogP contribution in [0.1, 0.15) is 16.7 Å². The summed E-state index contributed by atoms with van der Waals surface area (Å²) in [5.41, 5.74) is 2.95. The molecule has 0 saturated heterocycles. The van der Waals surface area contributed by atoms with Crippen LogP contribution in [0.4, 0.5) is 0 Å². The van der Waals surface area contributed by atoms with Crippen LogP contribution in [-0.2, 0) is 13.1 Å². The summed E-state index contributed by atoms with van der Waals surface area (Å²) in [4.78, 5) is 30.7. The lowest BCUT2D eigenvalue weighted by Crippen LogP contribution is -2.39. The van der Waals surface area contributed by atoms with Crippen LogP contribution in [0.15, 0.2) is 77.1 Å². The van der Waals surface area contributed by atoms with Crippen LogP contribution in [0.25, 0.3) is 16.9 Å². The molecule has 148 valence electrons. The molecule has 7 nitrogen and oxygen atoms in total. The van der Waals surface area contributed by atoms with Gasteiger partial charge in [-0.05, 0) is 36.8 Å². The molecule has 0 saturated carbocycles. The van der Waals surface area contributed by atoms with Crippen LogP contribution in [0.3, 0.4) is 0 Å². The Morgan fingerprint density at radius 3 is 2.43 bits per heavy atom. The topological polar surface area (TPSA) is 85.6 Å². The number of hydrogen-bond donors (Lipinski definition) is 0. The van der Waals surface area contributed by atoms with Crippen molar-refractivity contribution in [2.75, 3.05) is 0 Å². The SMILES string of the molecule is C=CCn1c(=O)c2c(ncn2Cc2ccc(C#N)cc2)n(-c2ccc(C)cc2)c1=O.